The fraction of sp³-hybridized carbons (Fsp3) is 0.929. The van der Waals surface area contributed by atoms with Crippen molar-refractivity contribution in [1.82, 2.24) is 4.90 Å². The van der Waals surface area contributed by atoms with E-state index in [1.807, 2.05) is 0 Å². The van der Waals surface area contributed by atoms with Gasteiger partial charge in [0.15, 0.2) is 0 Å². The average molecular weight is 471 g/mol. The highest BCUT2D eigenvalue weighted by Crippen LogP contribution is 2.56. The van der Waals surface area contributed by atoms with Gasteiger partial charge in [-0.2, -0.15) is 52.7 Å². The van der Waals surface area contributed by atoms with Crippen LogP contribution < -0.4 is 0 Å². The summed E-state index contributed by atoms with van der Waals surface area (Å²) in [6.45, 7) is -1.99. The van der Waals surface area contributed by atoms with Gasteiger partial charge in [0.1, 0.15) is 6.61 Å². The first-order valence-corrected chi connectivity index (χ1v) is 8.14. The van der Waals surface area contributed by atoms with Crippen molar-refractivity contribution in [3.63, 3.8) is 0 Å². The Hall–Kier alpha value is -1.45. The fourth-order valence-electron chi connectivity index (χ4n) is 3.76. The van der Waals surface area contributed by atoms with E-state index in [0.717, 1.165) is 4.90 Å². The van der Waals surface area contributed by atoms with Crippen LogP contribution in [0.5, 0.6) is 0 Å². The van der Waals surface area contributed by atoms with Crippen molar-refractivity contribution < 1.29 is 67.0 Å². The molecule has 2 rings (SSSR count). The molecule has 2 fully saturated rings. The van der Waals surface area contributed by atoms with Gasteiger partial charge in [0, 0.05) is 6.54 Å². The number of ether oxygens (including phenoxy) is 2. The Labute approximate surface area is 160 Å². The zero-order valence-corrected chi connectivity index (χ0v) is 14.5. The summed E-state index contributed by atoms with van der Waals surface area (Å²) < 4.78 is 162. The van der Waals surface area contributed by atoms with Crippen molar-refractivity contribution in [2.24, 2.45) is 0 Å². The minimum Gasteiger partial charge on any atom is -0.457 e. The Kier molecular flexibility index (Phi) is 6.05. The molecule has 0 aromatic rings. The van der Waals surface area contributed by atoms with Crippen molar-refractivity contribution in [1.29, 1.82) is 0 Å². The number of carbonyl (C=O) groups excluding carboxylic acids is 1. The highest BCUT2D eigenvalue weighted by molar-refractivity contribution is 5.75. The number of hydrogen-bond donors (Lipinski definition) is 0. The molecule has 0 amide bonds. The molecule has 0 saturated carbocycles. The predicted octanol–water partition coefficient (Wildman–Crippen LogP) is 4.14. The molecule has 0 N–H and O–H groups in total. The van der Waals surface area contributed by atoms with Crippen LogP contribution in [0.1, 0.15) is 19.3 Å². The predicted molar refractivity (Wildman–Crippen MR) is 70.9 cm³/mol. The molecule has 0 radical (unpaired) electrons. The third kappa shape index (κ3) is 4.16. The van der Waals surface area contributed by atoms with Gasteiger partial charge in [0.05, 0.1) is 11.6 Å². The van der Waals surface area contributed by atoms with E-state index in [9.17, 15) is 57.5 Å². The lowest BCUT2D eigenvalue weighted by atomic mass is 9.93. The van der Waals surface area contributed by atoms with Gasteiger partial charge in [-0.15, -0.1) is 0 Å². The summed E-state index contributed by atoms with van der Waals surface area (Å²) in [4.78, 5) is 11.9. The van der Waals surface area contributed by atoms with E-state index < -0.39 is 67.5 Å². The van der Waals surface area contributed by atoms with Crippen LogP contribution in [0.3, 0.4) is 0 Å². The minimum atomic E-state index is -6.92. The van der Waals surface area contributed by atoms with Crippen molar-refractivity contribution in [2.45, 2.75) is 61.2 Å². The number of rotatable bonds is 4. The third-order valence-electron chi connectivity index (χ3n) is 5.02. The second-order valence-corrected chi connectivity index (χ2v) is 6.97. The first kappa shape index (κ1) is 24.8. The topological polar surface area (TPSA) is 38.8 Å². The summed E-state index contributed by atoms with van der Waals surface area (Å²) in [5.41, 5.74) is -8.15. The van der Waals surface area contributed by atoms with Gasteiger partial charge in [-0.3, -0.25) is 4.90 Å². The normalized spacial score (nSPS) is 26.7. The van der Waals surface area contributed by atoms with Crippen LogP contribution in [0.25, 0.3) is 0 Å². The summed E-state index contributed by atoms with van der Waals surface area (Å²) in [6.07, 6.45) is -29.3. The van der Waals surface area contributed by atoms with Gasteiger partial charge in [0.25, 0.3) is 0 Å². The standard InChI is InChI=1S/C14H13F12NO3/c15-10(16,17)8(28)29-6-9-2-1-3-27(9)5-7(4-9)30-11(12(18,19)20,13(21,22)23)14(24,25)26/h7H,1-6H2/t7-,9+/m0/s1. The lowest BCUT2D eigenvalue weighted by Gasteiger charge is -2.39. The van der Waals surface area contributed by atoms with Gasteiger partial charge < -0.3 is 9.47 Å². The number of alkyl halides is 12. The summed E-state index contributed by atoms with van der Waals surface area (Å²) in [5, 5.41) is 0. The largest absolute Gasteiger partial charge is 0.490 e. The Morgan fingerprint density at radius 1 is 0.900 bits per heavy atom. The quantitative estimate of drug-likeness (QED) is 0.457. The molecule has 2 aliphatic rings. The summed E-state index contributed by atoms with van der Waals surface area (Å²) in [6, 6.07) is 0. The van der Waals surface area contributed by atoms with Crippen molar-refractivity contribution >= 4 is 5.97 Å². The van der Waals surface area contributed by atoms with Gasteiger partial charge >= 0.3 is 36.3 Å². The zero-order chi connectivity index (χ0) is 23.4. The molecule has 0 bridgehead atoms. The van der Waals surface area contributed by atoms with Gasteiger partial charge in [0.2, 0.25) is 0 Å². The molecule has 0 aromatic carbocycles. The number of carbonyl (C=O) groups is 1. The molecule has 0 aromatic heterocycles. The van der Waals surface area contributed by atoms with Crippen molar-refractivity contribution in [3.8, 4) is 0 Å². The van der Waals surface area contributed by atoms with E-state index >= 15 is 0 Å². The molecule has 0 unspecified atom stereocenters. The second-order valence-electron chi connectivity index (χ2n) is 6.97. The van der Waals surface area contributed by atoms with Crippen LogP contribution in [-0.4, -0.2) is 72.5 Å². The molecule has 176 valence electrons. The van der Waals surface area contributed by atoms with Crippen LogP contribution in [0, 0.1) is 0 Å². The molecule has 2 saturated heterocycles. The number of hydrogen-bond acceptors (Lipinski definition) is 4. The van der Waals surface area contributed by atoms with E-state index in [1.165, 1.54) is 0 Å². The molecule has 0 aliphatic carbocycles. The molecular weight excluding hydrogens is 458 g/mol. The first-order chi connectivity index (χ1) is 13.3. The SMILES string of the molecule is O=C(OC[C@]12CCCN1C[C@@H](OC(C(F)(F)F)(C(F)(F)F)C(F)(F)F)C2)C(F)(F)F. The fourth-order valence-corrected chi connectivity index (χ4v) is 3.76. The monoisotopic (exact) mass is 471 g/mol. The molecule has 2 heterocycles. The summed E-state index contributed by atoms with van der Waals surface area (Å²) in [7, 11) is 0. The van der Waals surface area contributed by atoms with Crippen LogP contribution in [-0.2, 0) is 14.3 Å². The molecule has 0 spiro atoms. The lowest BCUT2D eigenvalue weighted by Crippen LogP contribution is -2.68. The number of fused-ring (bicyclic) bond motifs is 1. The Morgan fingerprint density at radius 2 is 1.40 bits per heavy atom. The summed E-state index contributed by atoms with van der Waals surface area (Å²) in [5.74, 6) is -2.65. The van der Waals surface area contributed by atoms with Crippen LogP contribution in [0.4, 0.5) is 52.7 Å². The highest BCUT2D eigenvalue weighted by atomic mass is 19.4. The third-order valence-corrected chi connectivity index (χ3v) is 5.02. The van der Waals surface area contributed by atoms with E-state index in [1.54, 1.807) is 0 Å². The van der Waals surface area contributed by atoms with E-state index in [2.05, 4.69) is 9.47 Å². The number of halogens is 12. The van der Waals surface area contributed by atoms with E-state index in [-0.39, 0.29) is 19.4 Å². The maximum Gasteiger partial charge on any atom is 0.490 e. The van der Waals surface area contributed by atoms with Gasteiger partial charge in [-0.05, 0) is 25.8 Å². The lowest BCUT2D eigenvalue weighted by molar-refractivity contribution is -0.463. The molecule has 2 aliphatic heterocycles. The smallest absolute Gasteiger partial charge is 0.457 e. The molecular formula is C14H13F12NO3. The van der Waals surface area contributed by atoms with Crippen LogP contribution in [0.2, 0.25) is 0 Å². The van der Waals surface area contributed by atoms with Gasteiger partial charge in [-0.25, -0.2) is 4.79 Å². The van der Waals surface area contributed by atoms with Crippen molar-refractivity contribution in [2.75, 3.05) is 19.7 Å². The molecule has 16 heteroatoms. The Bertz CT molecular complexity index is 616. The molecule has 30 heavy (non-hydrogen) atoms. The number of esters is 1. The first-order valence-electron chi connectivity index (χ1n) is 8.14. The Balaban J connectivity index is 2.29. The maximum absolute atomic E-state index is 13.0. The second kappa shape index (κ2) is 7.31. The number of nitrogens with zero attached hydrogens (tertiary/aromatic N) is 1. The van der Waals surface area contributed by atoms with E-state index in [0.29, 0.717) is 0 Å². The van der Waals surface area contributed by atoms with Crippen molar-refractivity contribution in [3.05, 3.63) is 0 Å². The van der Waals surface area contributed by atoms with Gasteiger partial charge in [-0.1, -0.05) is 0 Å². The maximum atomic E-state index is 13.0. The van der Waals surface area contributed by atoms with Crippen LogP contribution in [0.15, 0.2) is 0 Å². The molecule has 2 atom stereocenters. The highest BCUT2D eigenvalue weighted by Gasteiger charge is 2.86. The summed E-state index contributed by atoms with van der Waals surface area (Å²) >= 11 is 0. The minimum absolute atomic E-state index is 0.0551. The Morgan fingerprint density at radius 3 is 1.83 bits per heavy atom. The zero-order valence-electron chi connectivity index (χ0n) is 14.5. The van der Waals surface area contributed by atoms with E-state index in [4.69, 9.17) is 0 Å². The average Bonchev–Trinajstić information content (AvgIpc) is 3.01. The van der Waals surface area contributed by atoms with Crippen LogP contribution >= 0.6 is 0 Å². The molecule has 4 nitrogen and oxygen atoms in total.